The number of rotatable bonds is 1. The highest BCUT2D eigenvalue weighted by Crippen LogP contribution is 2.68. The number of H-pyrrole nitrogens is 1. The van der Waals surface area contributed by atoms with Gasteiger partial charge >= 0.3 is 0 Å². The molecule has 138 valence electrons. The minimum atomic E-state index is 0.0880. The van der Waals surface area contributed by atoms with E-state index in [1.54, 1.807) is 0 Å². The quantitative estimate of drug-likeness (QED) is 0.798. The minimum Gasteiger partial charge on any atom is -0.378 e. The number of hydrogen-bond acceptors (Lipinski definition) is 2. The van der Waals surface area contributed by atoms with Crippen LogP contribution < -0.4 is 0 Å². The van der Waals surface area contributed by atoms with Crippen molar-refractivity contribution in [2.24, 2.45) is 34.5 Å². The van der Waals surface area contributed by atoms with Gasteiger partial charge in [-0.3, -0.25) is 5.10 Å². The first-order chi connectivity index (χ1) is 11.9. The number of hydrogen-bond donors (Lipinski definition) is 1. The third-order valence-electron chi connectivity index (χ3n) is 9.88. The van der Waals surface area contributed by atoms with Crippen molar-refractivity contribution < 1.29 is 4.74 Å². The fourth-order valence-corrected chi connectivity index (χ4v) is 8.03. The average molecular weight is 343 g/mol. The Hall–Kier alpha value is -0.830. The molecular weight excluding hydrogens is 308 g/mol. The molecule has 4 unspecified atom stereocenters. The van der Waals surface area contributed by atoms with Crippen LogP contribution in [-0.4, -0.2) is 22.9 Å². The van der Waals surface area contributed by atoms with Crippen molar-refractivity contribution in [2.75, 3.05) is 7.11 Å². The van der Waals surface area contributed by atoms with Gasteiger partial charge in [-0.15, -0.1) is 0 Å². The molecule has 0 aromatic carbocycles. The molecule has 0 radical (unpaired) electrons. The van der Waals surface area contributed by atoms with Crippen LogP contribution in [0.25, 0.3) is 0 Å². The van der Waals surface area contributed by atoms with Crippen LogP contribution in [0.5, 0.6) is 0 Å². The maximum absolute atomic E-state index is 6.11. The number of aromatic amines is 1. The molecule has 5 rings (SSSR count). The number of methoxy groups -OCH3 is 1. The average Bonchev–Trinajstić information content (AvgIpc) is 3.14. The van der Waals surface area contributed by atoms with Crippen molar-refractivity contribution in [3.8, 4) is 0 Å². The second-order valence-corrected chi connectivity index (χ2v) is 10.3. The Labute approximate surface area is 152 Å². The lowest BCUT2D eigenvalue weighted by atomic mass is 9.44. The van der Waals surface area contributed by atoms with Gasteiger partial charge in [0.15, 0.2) is 0 Å². The Morgan fingerprint density at radius 1 is 1.08 bits per heavy atom. The van der Waals surface area contributed by atoms with E-state index in [0.717, 1.165) is 23.7 Å². The van der Waals surface area contributed by atoms with Gasteiger partial charge in [0, 0.05) is 12.8 Å². The topological polar surface area (TPSA) is 37.9 Å². The number of fused-ring (bicyclic) bond motifs is 6. The number of aromatic nitrogens is 2. The van der Waals surface area contributed by atoms with Crippen molar-refractivity contribution in [2.45, 2.75) is 77.7 Å². The SMILES string of the molecule is CO[C@@]1(C)CCC2C3CCC4Cc5[nH]ncc5C[C@]4(C)C3CC[C@@]21C. The van der Waals surface area contributed by atoms with E-state index in [2.05, 4.69) is 37.2 Å². The minimum absolute atomic E-state index is 0.0880. The van der Waals surface area contributed by atoms with Gasteiger partial charge in [-0.2, -0.15) is 5.10 Å². The molecule has 1 heterocycles. The number of ether oxygens (including phenoxy) is 1. The first kappa shape index (κ1) is 16.4. The Kier molecular flexibility index (Phi) is 3.35. The van der Waals surface area contributed by atoms with Gasteiger partial charge in [0.25, 0.3) is 0 Å². The zero-order valence-electron chi connectivity index (χ0n) is 16.4. The molecule has 0 spiro atoms. The molecule has 0 bridgehead atoms. The molecule has 1 aromatic heterocycles. The zero-order valence-corrected chi connectivity index (χ0v) is 16.4. The van der Waals surface area contributed by atoms with Crippen LogP contribution in [0.4, 0.5) is 0 Å². The standard InChI is InChI=1S/C22H34N2O/c1-20-12-14-13-23-24-19(14)11-15(20)5-6-16-17(20)7-9-21(2)18(16)8-10-22(21,3)25-4/h13,15-18H,5-12H2,1-4H3,(H,23,24)/t15?,16?,17?,18?,20-,21-,22-/m0/s1. The summed E-state index contributed by atoms with van der Waals surface area (Å²) in [5, 5.41) is 7.62. The van der Waals surface area contributed by atoms with E-state index in [4.69, 9.17) is 4.74 Å². The van der Waals surface area contributed by atoms with Crippen LogP contribution in [0.1, 0.15) is 70.6 Å². The van der Waals surface area contributed by atoms with Crippen molar-refractivity contribution in [3.05, 3.63) is 17.5 Å². The summed E-state index contributed by atoms with van der Waals surface area (Å²) in [7, 11) is 1.94. The summed E-state index contributed by atoms with van der Waals surface area (Å²) >= 11 is 0. The first-order valence-electron chi connectivity index (χ1n) is 10.5. The summed E-state index contributed by atoms with van der Waals surface area (Å²) in [6.07, 6.45) is 12.8. The fraction of sp³-hybridized carbons (Fsp3) is 0.864. The highest BCUT2D eigenvalue weighted by molar-refractivity contribution is 5.26. The van der Waals surface area contributed by atoms with Gasteiger partial charge in [-0.05, 0) is 98.4 Å². The molecule has 1 aromatic rings. The number of nitrogens with one attached hydrogen (secondary N) is 1. The van der Waals surface area contributed by atoms with E-state index in [1.165, 1.54) is 62.6 Å². The van der Waals surface area contributed by atoms with E-state index in [1.807, 2.05) is 7.11 Å². The van der Waals surface area contributed by atoms with Gasteiger partial charge in [-0.25, -0.2) is 0 Å². The van der Waals surface area contributed by atoms with Gasteiger partial charge in [0.05, 0.1) is 11.8 Å². The molecule has 1 N–H and O–H groups in total. The summed E-state index contributed by atoms with van der Waals surface area (Å²) in [4.78, 5) is 0. The second kappa shape index (κ2) is 5.12. The van der Waals surface area contributed by atoms with Crippen molar-refractivity contribution in [1.29, 1.82) is 0 Å². The molecule has 4 aliphatic carbocycles. The Balaban J connectivity index is 1.49. The van der Waals surface area contributed by atoms with Gasteiger partial charge in [0.2, 0.25) is 0 Å². The lowest BCUT2D eigenvalue weighted by molar-refractivity contribution is -0.151. The summed E-state index contributed by atoms with van der Waals surface area (Å²) in [5.41, 5.74) is 3.87. The molecule has 3 nitrogen and oxygen atoms in total. The molecule has 3 saturated carbocycles. The van der Waals surface area contributed by atoms with E-state index >= 15 is 0 Å². The lowest BCUT2D eigenvalue weighted by Gasteiger charge is -2.61. The van der Waals surface area contributed by atoms with Crippen LogP contribution in [0, 0.1) is 34.5 Å². The summed E-state index contributed by atoms with van der Waals surface area (Å²) < 4.78 is 6.11. The van der Waals surface area contributed by atoms with E-state index in [9.17, 15) is 0 Å². The lowest BCUT2D eigenvalue weighted by Crippen LogP contribution is -2.56. The Morgan fingerprint density at radius 2 is 1.88 bits per heavy atom. The molecule has 7 atom stereocenters. The third kappa shape index (κ3) is 1.94. The van der Waals surface area contributed by atoms with Crippen LogP contribution >= 0.6 is 0 Å². The van der Waals surface area contributed by atoms with Crippen LogP contribution in [0.2, 0.25) is 0 Å². The molecule has 0 saturated heterocycles. The maximum atomic E-state index is 6.11. The summed E-state index contributed by atoms with van der Waals surface area (Å²) in [6, 6.07) is 0. The highest BCUT2D eigenvalue weighted by Gasteiger charge is 2.63. The molecule has 3 heteroatoms. The summed E-state index contributed by atoms with van der Waals surface area (Å²) in [6.45, 7) is 7.56. The Morgan fingerprint density at radius 3 is 2.68 bits per heavy atom. The molecule has 4 aliphatic rings. The predicted molar refractivity (Wildman–Crippen MR) is 99.3 cm³/mol. The van der Waals surface area contributed by atoms with Crippen LogP contribution in [0.3, 0.4) is 0 Å². The summed E-state index contributed by atoms with van der Waals surface area (Å²) in [5.74, 6) is 3.51. The van der Waals surface area contributed by atoms with E-state index in [0.29, 0.717) is 10.8 Å². The molecular formula is C22H34N2O. The third-order valence-corrected chi connectivity index (χ3v) is 9.88. The van der Waals surface area contributed by atoms with Crippen molar-refractivity contribution in [3.63, 3.8) is 0 Å². The smallest absolute Gasteiger partial charge is 0.0706 e. The Bertz CT molecular complexity index is 683. The van der Waals surface area contributed by atoms with Gasteiger partial charge < -0.3 is 4.74 Å². The van der Waals surface area contributed by atoms with Gasteiger partial charge in [0.1, 0.15) is 0 Å². The molecule has 25 heavy (non-hydrogen) atoms. The highest BCUT2D eigenvalue weighted by atomic mass is 16.5. The van der Waals surface area contributed by atoms with E-state index < -0.39 is 0 Å². The fourth-order valence-electron chi connectivity index (χ4n) is 8.03. The predicted octanol–water partition coefficient (Wildman–Crippen LogP) is 4.77. The molecule has 0 aliphatic heterocycles. The number of nitrogens with zero attached hydrogens (tertiary/aromatic N) is 1. The van der Waals surface area contributed by atoms with Crippen molar-refractivity contribution >= 4 is 0 Å². The van der Waals surface area contributed by atoms with Gasteiger partial charge in [-0.1, -0.05) is 13.8 Å². The van der Waals surface area contributed by atoms with Crippen molar-refractivity contribution in [1.82, 2.24) is 10.2 Å². The monoisotopic (exact) mass is 342 g/mol. The van der Waals surface area contributed by atoms with Crippen LogP contribution in [-0.2, 0) is 17.6 Å². The molecule has 0 amide bonds. The zero-order chi connectivity index (χ0) is 17.4. The van der Waals surface area contributed by atoms with E-state index in [-0.39, 0.29) is 5.60 Å². The first-order valence-corrected chi connectivity index (χ1v) is 10.5. The van der Waals surface area contributed by atoms with Crippen LogP contribution in [0.15, 0.2) is 6.20 Å². The largest absolute Gasteiger partial charge is 0.378 e. The maximum Gasteiger partial charge on any atom is 0.0706 e. The second-order valence-electron chi connectivity index (χ2n) is 10.3. The normalized spacial score (nSPS) is 51.4. The molecule has 3 fully saturated rings.